The standard InChI is InChI=1S/C15H23F2N/c1-5-8-18-14(15(2,3)4)9-11-6-7-12(16)10-13(11)17/h6-7,10,14,18H,5,8-9H2,1-4H3. The van der Waals surface area contributed by atoms with E-state index in [2.05, 4.69) is 33.0 Å². The molecule has 1 atom stereocenters. The molecule has 0 aliphatic rings. The second-order valence-electron chi connectivity index (χ2n) is 5.81. The monoisotopic (exact) mass is 255 g/mol. The van der Waals surface area contributed by atoms with Crippen LogP contribution < -0.4 is 5.32 Å². The summed E-state index contributed by atoms with van der Waals surface area (Å²) in [6, 6.07) is 3.99. The van der Waals surface area contributed by atoms with Crippen LogP contribution in [0.1, 0.15) is 39.7 Å². The number of benzene rings is 1. The van der Waals surface area contributed by atoms with Gasteiger partial charge in [0, 0.05) is 12.1 Å². The molecule has 0 saturated carbocycles. The third kappa shape index (κ3) is 4.37. The molecule has 0 aliphatic heterocycles. The van der Waals surface area contributed by atoms with Crippen molar-refractivity contribution in [3.8, 4) is 0 Å². The second-order valence-corrected chi connectivity index (χ2v) is 5.81. The maximum atomic E-state index is 13.7. The lowest BCUT2D eigenvalue weighted by atomic mass is 9.83. The van der Waals surface area contributed by atoms with Crippen molar-refractivity contribution in [1.29, 1.82) is 0 Å². The molecular weight excluding hydrogens is 232 g/mol. The van der Waals surface area contributed by atoms with Gasteiger partial charge in [-0.25, -0.2) is 8.78 Å². The van der Waals surface area contributed by atoms with Gasteiger partial charge in [-0.15, -0.1) is 0 Å². The Labute approximate surface area is 109 Å². The molecule has 0 fully saturated rings. The van der Waals surface area contributed by atoms with Gasteiger partial charge in [-0.2, -0.15) is 0 Å². The number of halogens is 2. The van der Waals surface area contributed by atoms with Crippen LogP contribution in [0.5, 0.6) is 0 Å². The zero-order valence-corrected chi connectivity index (χ0v) is 11.7. The maximum Gasteiger partial charge on any atom is 0.129 e. The Hall–Kier alpha value is -0.960. The first-order valence-electron chi connectivity index (χ1n) is 6.52. The normalized spacial score (nSPS) is 13.7. The number of nitrogens with one attached hydrogen (secondary N) is 1. The highest BCUT2D eigenvalue weighted by Crippen LogP contribution is 2.24. The molecule has 1 aromatic rings. The fourth-order valence-electron chi connectivity index (χ4n) is 1.91. The van der Waals surface area contributed by atoms with Crippen LogP contribution in [-0.4, -0.2) is 12.6 Å². The Balaban J connectivity index is 2.82. The molecule has 0 aromatic heterocycles. The van der Waals surface area contributed by atoms with E-state index in [1.807, 2.05) is 0 Å². The van der Waals surface area contributed by atoms with Gasteiger partial charge in [-0.1, -0.05) is 33.8 Å². The van der Waals surface area contributed by atoms with Crippen LogP contribution in [0.3, 0.4) is 0 Å². The highest BCUT2D eigenvalue weighted by molar-refractivity contribution is 5.20. The topological polar surface area (TPSA) is 12.0 Å². The van der Waals surface area contributed by atoms with Crippen molar-refractivity contribution in [2.24, 2.45) is 5.41 Å². The van der Waals surface area contributed by atoms with Crippen LogP contribution >= 0.6 is 0 Å². The van der Waals surface area contributed by atoms with E-state index in [1.54, 1.807) is 0 Å². The molecule has 0 heterocycles. The lowest BCUT2D eigenvalue weighted by molar-refractivity contribution is 0.265. The molecule has 0 amide bonds. The summed E-state index contributed by atoms with van der Waals surface area (Å²) < 4.78 is 26.5. The van der Waals surface area contributed by atoms with E-state index in [-0.39, 0.29) is 11.5 Å². The lowest BCUT2D eigenvalue weighted by Crippen LogP contribution is -2.42. The molecule has 1 aromatic carbocycles. The van der Waals surface area contributed by atoms with Crippen LogP contribution in [0.2, 0.25) is 0 Å². The summed E-state index contributed by atoms with van der Waals surface area (Å²) in [4.78, 5) is 0. The van der Waals surface area contributed by atoms with Crippen LogP contribution in [0.25, 0.3) is 0 Å². The van der Waals surface area contributed by atoms with Crippen LogP contribution in [-0.2, 0) is 6.42 Å². The van der Waals surface area contributed by atoms with Gasteiger partial charge in [0.1, 0.15) is 11.6 Å². The molecule has 1 nitrogen and oxygen atoms in total. The summed E-state index contributed by atoms with van der Waals surface area (Å²) in [5.74, 6) is -0.979. The molecule has 0 bridgehead atoms. The summed E-state index contributed by atoms with van der Waals surface area (Å²) in [5.41, 5.74) is 0.607. The minimum absolute atomic E-state index is 0.0377. The summed E-state index contributed by atoms with van der Waals surface area (Å²) in [7, 11) is 0. The molecule has 1 N–H and O–H groups in total. The Morgan fingerprint density at radius 2 is 1.89 bits per heavy atom. The number of hydrogen-bond acceptors (Lipinski definition) is 1. The third-order valence-corrected chi connectivity index (χ3v) is 3.13. The molecule has 0 radical (unpaired) electrons. The highest BCUT2D eigenvalue weighted by Gasteiger charge is 2.25. The third-order valence-electron chi connectivity index (χ3n) is 3.13. The van der Waals surface area contributed by atoms with Crippen molar-refractivity contribution in [1.82, 2.24) is 5.32 Å². The first kappa shape index (κ1) is 15.1. The predicted molar refractivity (Wildman–Crippen MR) is 71.6 cm³/mol. The van der Waals surface area contributed by atoms with Gasteiger partial charge >= 0.3 is 0 Å². The Bertz CT molecular complexity index is 383. The van der Waals surface area contributed by atoms with E-state index < -0.39 is 11.6 Å². The van der Waals surface area contributed by atoms with Gasteiger partial charge in [0.15, 0.2) is 0 Å². The van der Waals surface area contributed by atoms with Gasteiger partial charge in [0.25, 0.3) is 0 Å². The summed E-state index contributed by atoms with van der Waals surface area (Å²) >= 11 is 0. The zero-order chi connectivity index (χ0) is 13.8. The Kier molecular flexibility index (Phi) is 5.27. The molecule has 0 aliphatic carbocycles. The Morgan fingerprint density at radius 1 is 1.22 bits per heavy atom. The van der Waals surface area contributed by atoms with E-state index in [0.29, 0.717) is 12.0 Å². The van der Waals surface area contributed by atoms with Crippen molar-refractivity contribution in [2.75, 3.05) is 6.54 Å². The lowest BCUT2D eigenvalue weighted by Gasteiger charge is -2.32. The number of hydrogen-bond donors (Lipinski definition) is 1. The minimum atomic E-state index is -0.523. The van der Waals surface area contributed by atoms with Crippen LogP contribution in [0.4, 0.5) is 8.78 Å². The van der Waals surface area contributed by atoms with Crippen LogP contribution in [0, 0.1) is 17.0 Å². The smallest absolute Gasteiger partial charge is 0.129 e. The second kappa shape index (κ2) is 6.28. The van der Waals surface area contributed by atoms with Crippen molar-refractivity contribution >= 4 is 0 Å². The molecule has 1 rings (SSSR count). The summed E-state index contributed by atoms with van der Waals surface area (Å²) in [6.07, 6.45) is 1.62. The summed E-state index contributed by atoms with van der Waals surface area (Å²) in [5, 5.41) is 3.44. The summed E-state index contributed by atoms with van der Waals surface area (Å²) in [6.45, 7) is 9.39. The van der Waals surface area contributed by atoms with E-state index in [0.717, 1.165) is 19.0 Å². The van der Waals surface area contributed by atoms with Gasteiger partial charge < -0.3 is 5.32 Å². The molecule has 0 spiro atoms. The van der Waals surface area contributed by atoms with Crippen molar-refractivity contribution < 1.29 is 8.78 Å². The van der Waals surface area contributed by atoms with E-state index in [4.69, 9.17) is 0 Å². The van der Waals surface area contributed by atoms with E-state index >= 15 is 0 Å². The quantitative estimate of drug-likeness (QED) is 0.841. The first-order valence-corrected chi connectivity index (χ1v) is 6.52. The van der Waals surface area contributed by atoms with Gasteiger partial charge in [-0.3, -0.25) is 0 Å². The maximum absolute atomic E-state index is 13.7. The zero-order valence-electron chi connectivity index (χ0n) is 11.7. The molecule has 3 heteroatoms. The van der Waals surface area contributed by atoms with Gasteiger partial charge in [0.2, 0.25) is 0 Å². The average Bonchev–Trinajstić information content (AvgIpc) is 2.25. The van der Waals surface area contributed by atoms with E-state index in [1.165, 1.54) is 12.1 Å². The van der Waals surface area contributed by atoms with E-state index in [9.17, 15) is 8.78 Å². The molecule has 0 saturated heterocycles. The van der Waals surface area contributed by atoms with Crippen molar-refractivity contribution in [3.63, 3.8) is 0 Å². The molecular formula is C15H23F2N. The number of rotatable bonds is 5. The van der Waals surface area contributed by atoms with Crippen LogP contribution in [0.15, 0.2) is 18.2 Å². The minimum Gasteiger partial charge on any atom is -0.313 e. The highest BCUT2D eigenvalue weighted by atomic mass is 19.1. The molecule has 18 heavy (non-hydrogen) atoms. The fourth-order valence-corrected chi connectivity index (χ4v) is 1.91. The average molecular weight is 255 g/mol. The van der Waals surface area contributed by atoms with Gasteiger partial charge in [-0.05, 0) is 36.4 Å². The van der Waals surface area contributed by atoms with Crippen molar-refractivity contribution in [2.45, 2.75) is 46.6 Å². The van der Waals surface area contributed by atoms with Crippen molar-refractivity contribution in [3.05, 3.63) is 35.4 Å². The SMILES string of the molecule is CCCNC(Cc1ccc(F)cc1F)C(C)(C)C. The molecule has 102 valence electrons. The largest absolute Gasteiger partial charge is 0.313 e. The first-order chi connectivity index (χ1) is 8.34. The Morgan fingerprint density at radius 3 is 2.39 bits per heavy atom. The predicted octanol–water partition coefficient (Wildman–Crippen LogP) is 3.92. The van der Waals surface area contributed by atoms with Gasteiger partial charge in [0.05, 0.1) is 0 Å². The fraction of sp³-hybridized carbons (Fsp3) is 0.600. The molecule has 1 unspecified atom stereocenters.